The van der Waals surface area contributed by atoms with Crippen molar-refractivity contribution in [3.63, 3.8) is 0 Å². The summed E-state index contributed by atoms with van der Waals surface area (Å²) in [5.74, 6) is 0.227. The summed E-state index contributed by atoms with van der Waals surface area (Å²) in [6, 6.07) is 0. The van der Waals surface area contributed by atoms with Crippen LogP contribution in [-0.2, 0) is 25.3 Å². The Morgan fingerprint density at radius 2 is 2.05 bits per heavy atom. The van der Waals surface area contributed by atoms with E-state index in [1.165, 1.54) is 23.4 Å². The number of nitrogens with zero attached hydrogens (tertiary/aromatic N) is 3. The number of carbonyl (C=O) groups is 1. The van der Waals surface area contributed by atoms with Crippen LogP contribution < -0.4 is 11.2 Å². The fraction of sp³-hybridized carbons (Fsp3) is 0.500. The van der Waals surface area contributed by atoms with Gasteiger partial charge in [0.05, 0.1) is 10.6 Å². The van der Waals surface area contributed by atoms with Gasteiger partial charge in [-0.3, -0.25) is 18.7 Å². The molecule has 8 heteroatoms. The van der Waals surface area contributed by atoms with Gasteiger partial charge < -0.3 is 5.11 Å². The molecule has 0 fully saturated rings. The van der Waals surface area contributed by atoms with Crippen molar-refractivity contribution < 1.29 is 9.90 Å². The number of thioether (sulfide) groups is 1. The monoisotopic (exact) mass is 297 g/mol. The van der Waals surface area contributed by atoms with E-state index < -0.39 is 11.7 Å². The van der Waals surface area contributed by atoms with Gasteiger partial charge in [-0.25, -0.2) is 9.79 Å². The molecule has 108 valence electrons. The highest BCUT2D eigenvalue weighted by atomic mass is 32.2. The van der Waals surface area contributed by atoms with Gasteiger partial charge in [0.15, 0.2) is 0 Å². The number of fused-ring (bicyclic) bond motifs is 1. The summed E-state index contributed by atoms with van der Waals surface area (Å²) < 4.78 is 2.44. The van der Waals surface area contributed by atoms with E-state index in [-0.39, 0.29) is 12.0 Å². The highest BCUT2D eigenvalue weighted by Gasteiger charge is 2.23. The van der Waals surface area contributed by atoms with Gasteiger partial charge in [0.1, 0.15) is 5.82 Å². The zero-order chi connectivity index (χ0) is 14.9. The van der Waals surface area contributed by atoms with Crippen LogP contribution in [0.5, 0.6) is 0 Å². The molecule has 1 N–H and O–H groups in total. The van der Waals surface area contributed by atoms with Crippen LogP contribution in [0.1, 0.15) is 18.4 Å². The molecule has 7 nitrogen and oxygen atoms in total. The molecule has 2 rings (SSSR count). The summed E-state index contributed by atoms with van der Waals surface area (Å²) in [7, 11) is 3.03. The fourth-order valence-electron chi connectivity index (χ4n) is 2.01. The van der Waals surface area contributed by atoms with Crippen LogP contribution in [-0.4, -0.2) is 31.0 Å². The molecule has 1 aliphatic heterocycles. The van der Waals surface area contributed by atoms with Gasteiger partial charge in [-0.05, 0) is 12.2 Å². The summed E-state index contributed by atoms with van der Waals surface area (Å²) in [5, 5.41) is 9.31. The number of aromatic nitrogens is 2. The molecule has 0 radical (unpaired) electrons. The van der Waals surface area contributed by atoms with E-state index in [9.17, 15) is 14.4 Å². The minimum absolute atomic E-state index is 0.119. The average Bonchev–Trinajstić information content (AvgIpc) is 2.83. The molecule has 0 spiro atoms. The molecule has 1 aromatic rings. The Morgan fingerprint density at radius 1 is 1.35 bits per heavy atom. The third-order valence-corrected chi connectivity index (χ3v) is 4.15. The molecule has 0 aromatic carbocycles. The second-order valence-electron chi connectivity index (χ2n) is 4.54. The number of aliphatic carboxylic acids is 1. The topological polar surface area (TPSA) is 93.7 Å². The largest absolute Gasteiger partial charge is 0.481 e. The third-order valence-electron chi connectivity index (χ3n) is 3.09. The second-order valence-corrected chi connectivity index (χ2v) is 5.70. The summed E-state index contributed by atoms with van der Waals surface area (Å²) >= 11 is 1.43. The SMILES string of the molecule is Cn1c2c(c(=O)n(C)c1=O)CC(SCCCC(=O)O)=N2. The number of carboxylic acid groups (broad SMARTS) is 1. The lowest BCUT2D eigenvalue weighted by molar-refractivity contribution is -0.137. The Labute approximate surface area is 119 Å². The van der Waals surface area contributed by atoms with Crippen LogP contribution in [0.15, 0.2) is 14.6 Å². The van der Waals surface area contributed by atoms with Gasteiger partial charge in [0.25, 0.3) is 5.56 Å². The molecule has 0 saturated heterocycles. The lowest BCUT2D eigenvalue weighted by Gasteiger charge is -2.05. The summed E-state index contributed by atoms with van der Waals surface area (Å²) in [6.07, 6.45) is 1.08. The van der Waals surface area contributed by atoms with E-state index >= 15 is 0 Å². The standard InChI is InChI=1S/C12H15N3O4S/c1-14-10-7(11(18)15(2)12(14)19)6-8(13-10)20-5-3-4-9(16)17/h3-6H2,1-2H3,(H,16,17). The Morgan fingerprint density at radius 3 is 2.70 bits per heavy atom. The summed E-state index contributed by atoms with van der Waals surface area (Å²) in [5.41, 5.74) is -0.182. The van der Waals surface area contributed by atoms with Gasteiger partial charge in [0.2, 0.25) is 0 Å². The maximum Gasteiger partial charge on any atom is 0.332 e. The maximum atomic E-state index is 12.0. The smallest absolute Gasteiger partial charge is 0.332 e. The molecular formula is C12H15N3O4S. The van der Waals surface area contributed by atoms with Crippen molar-refractivity contribution >= 4 is 28.6 Å². The van der Waals surface area contributed by atoms with Crippen molar-refractivity contribution in [2.75, 3.05) is 5.75 Å². The van der Waals surface area contributed by atoms with Crippen LogP contribution in [0.2, 0.25) is 0 Å². The zero-order valence-electron chi connectivity index (χ0n) is 11.3. The molecule has 20 heavy (non-hydrogen) atoms. The van der Waals surface area contributed by atoms with E-state index in [0.717, 1.165) is 9.61 Å². The first kappa shape index (κ1) is 14.6. The Balaban J connectivity index is 2.14. The highest BCUT2D eigenvalue weighted by molar-refractivity contribution is 8.14. The summed E-state index contributed by atoms with van der Waals surface area (Å²) in [6.45, 7) is 0. The molecule has 1 aromatic heterocycles. The van der Waals surface area contributed by atoms with Crippen molar-refractivity contribution in [1.29, 1.82) is 0 Å². The van der Waals surface area contributed by atoms with E-state index in [4.69, 9.17) is 5.11 Å². The second kappa shape index (κ2) is 5.66. The van der Waals surface area contributed by atoms with Crippen molar-refractivity contribution in [3.05, 3.63) is 26.4 Å². The molecule has 0 atom stereocenters. The molecule has 0 unspecified atom stereocenters. The average molecular weight is 297 g/mol. The number of aliphatic imine (C=N–C) groups is 1. The van der Waals surface area contributed by atoms with Crippen molar-refractivity contribution in [1.82, 2.24) is 9.13 Å². The van der Waals surface area contributed by atoms with E-state index in [0.29, 0.717) is 30.0 Å². The number of hydrogen-bond donors (Lipinski definition) is 1. The van der Waals surface area contributed by atoms with Crippen LogP contribution >= 0.6 is 11.8 Å². The van der Waals surface area contributed by atoms with Crippen molar-refractivity contribution in [3.8, 4) is 0 Å². The van der Waals surface area contributed by atoms with Gasteiger partial charge in [-0.1, -0.05) is 0 Å². The molecule has 2 heterocycles. The lowest BCUT2D eigenvalue weighted by atomic mass is 10.2. The highest BCUT2D eigenvalue weighted by Crippen LogP contribution is 2.26. The van der Waals surface area contributed by atoms with Crippen molar-refractivity contribution in [2.45, 2.75) is 19.3 Å². The van der Waals surface area contributed by atoms with Gasteiger partial charge in [-0.15, -0.1) is 11.8 Å². The Kier molecular flexibility index (Phi) is 4.12. The van der Waals surface area contributed by atoms with E-state index in [1.807, 2.05) is 0 Å². The van der Waals surface area contributed by atoms with Crippen LogP contribution in [0.25, 0.3) is 0 Å². The number of hydrogen-bond acceptors (Lipinski definition) is 5. The van der Waals surface area contributed by atoms with Gasteiger partial charge in [0, 0.05) is 26.9 Å². The van der Waals surface area contributed by atoms with Crippen LogP contribution in [0, 0.1) is 0 Å². The molecule has 0 saturated carbocycles. The minimum Gasteiger partial charge on any atom is -0.481 e. The molecule has 1 aliphatic rings. The maximum absolute atomic E-state index is 12.0. The predicted molar refractivity (Wildman–Crippen MR) is 77.1 cm³/mol. The van der Waals surface area contributed by atoms with Gasteiger partial charge in [-0.2, -0.15) is 0 Å². The van der Waals surface area contributed by atoms with E-state index in [2.05, 4.69) is 4.99 Å². The predicted octanol–water partition coefficient (Wildman–Crippen LogP) is 0.268. The van der Waals surface area contributed by atoms with Crippen LogP contribution in [0.4, 0.5) is 5.82 Å². The van der Waals surface area contributed by atoms with E-state index in [1.54, 1.807) is 7.05 Å². The Hall–Kier alpha value is -1.83. The third kappa shape index (κ3) is 2.69. The number of carboxylic acids is 1. The number of rotatable bonds is 4. The van der Waals surface area contributed by atoms with Crippen molar-refractivity contribution in [2.24, 2.45) is 19.1 Å². The lowest BCUT2D eigenvalue weighted by Crippen LogP contribution is -2.38. The fourth-order valence-corrected chi connectivity index (χ4v) is 2.93. The first-order valence-corrected chi connectivity index (χ1v) is 7.11. The first-order valence-electron chi connectivity index (χ1n) is 6.13. The Bertz CT molecular complexity index is 702. The molecular weight excluding hydrogens is 282 g/mol. The normalized spacial score (nSPS) is 13.2. The first-order chi connectivity index (χ1) is 9.41. The molecule has 0 bridgehead atoms. The molecule has 0 amide bonds. The molecule has 0 aliphatic carbocycles. The summed E-state index contributed by atoms with van der Waals surface area (Å²) in [4.78, 5) is 38.5. The quantitative estimate of drug-likeness (QED) is 0.805. The minimum atomic E-state index is -0.821. The van der Waals surface area contributed by atoms with Crippen LogP contribution in [0.3, 0.4) is 0 Å². The zero-order valence-corrected chi connectivity index (χ0v) is 12.1. The van der Waals surface area contributed by atoms with Gasteiger partial charge >= 0.3 is 11.7 Å².